The second kappa shape index (κ2) is 5.41. The largest absolute Gasteiger partial charge is 0.324 e. The predicted octanol–water partition coefficient (Wildman–Crippen LogP) is 4.29. The minimum Gasteiger partial charge on any atom is -0.324 e. The van der Waals surface area contributed by atoms with Gasteiger partial charge in [0.15, 0.2) is 0 Å². The van der Waals surface area contributed by atoms with E-state index in [1.165, 1.54) is 5.56 Å². The molecule has 0 aliphatic heterocycles. The van der Waals surface area contributed by atoms with Crippen LogP contribution in [-0.4, -0.2) is 9.55 Å². The van der Waals surface area contributed by atoms with E-state index >= 15 is 0 Å². The summed E-state index contributed by atoms with van der Waals surface area (Å²) in [6, 6.07) is 16.3. The number of nitrogens with zero attached hydrogens (tertiary/aromatic N) is 3. The molecule has 2 aromatic carbocycles. The Morgan fingerprint density at radius 2 is 2.05 bits per heavy atom. The first-order valence-corrected chi connectivity index (χ1v) is 7.20. The summed E-state index contributed by atoms with van der Waals surface area (Å²) in [5.74, 6) is 0.977. The van der Waals surface area contributed by atoms with Gasteiger partial charge in [-0.25, -0.2) is 4.98 Å². The van der Waals surface area contributed by atoms with Gasteiger partial charge in [0.2, 0.25) is 0 Å². The maximum atomic E-state index is 9.05. The van der Waals surface area contributed by atoms with Crippen LogP contribution in [0.1, 0.15) is 24.5 Å². The summed E-state index contributed by atoms with van der Waals surface area (Å²) in [5, 5.41) is 9.05. The quantitative estimate of drug-likeness (QED) is 0.715. The molecular formula is C18H17N3. The first-order chi connectivity index (χ1) is 10.2. The molecule has 0 aliphatic carbocycles. The smallest absolute Gasteiger partial charge is 0.141 e. The van der Waals surface area contributed by atoms with Gasteiger partial charge in [-0.1, -0.05) is 30.7 Å². The highest BCUT2D eigenvalue weighted by Crippen LogP contribution is 2.26. The number of imidazole rings is 1. The molecule has 0 atom stereocenters. The van der Waals surface area contributed by atoms with E-state index in [1.807, 2.05) is 18.2 Å². The molecule has 0 spiro atoms. The van der Waals surface area contributed by atoms with E-state index in [4.69, 9.17) is 10.2 Å². The lowest BCUT2D eigenvalue weighted by atomic mass is 10.1. The Bertz CT molecular complexity index is 837. The van der Waals surface area contributed by atoms with E-state index in [1.54, 1.807) is 0 Å². The summed E-state index contributed by atoms with van der Waals surface area (Å²) < 4.78 is 2.24. The zero-order valence-electron chi connectivity index (χ0n) is 12.3. The molecule has 3 heteroatoms. The molecule has 0 N–H and O–H groups in total. The van der Waals surface area contributed by atoms with Gasteiger partial charge in [0.1, 0.15) is 5.82 Å². The van der Waals surface area contributed by atoms with Crippen molar-refractivity contribution >= 4 is 11.0 Å². The van der Waals surface area contributed by atoms with Crippen LogP contribution in [-0.2, 0) is 6.54 Å². The van der Waals surface area contributed by atoms with Gasteiger partial charge in [-0.05, 0) is 37.6 Å². The Kier molecular flexibility index (Phi) is 3.45. The summed E-state index contributed by atoms with van der Waals surface area (Å²) in [7, 11) is 0. The number of aromatic nitrogens is 2. The van der Waals surface area contributed by atoms with Gasteiger partial charge in [0, 0.05) is 12.1 Å². The molecule has 0 aliphatic rings. The summed E-state index contributed by atoms with van der Waals surface area (Å²) in [6.45, 7) is 5.17. The molecular weight excluding hydrogens is 258 g/mol. The second-order valence-corrected chi connectivity index (χ2v) is 5.27. The van der Waals surface area contributed by atoms with Crippen molar-refractivity contribution in [1.82, 2.24) is 9.55 Å². The minimum absolute atomic E-state index is 0.652. The average Bonchev–Trinajstić information content (AvgIpc) is 2.85. The summed E-state index contributed by atoms with van der Waals surface area (Å²) in [4.78, 5) is 4.76. The Balaban J connectivity index is 2.26. The molecule has 1 heterocycles. The molecule has 1 aromatic heterocycles. The van der Waals surface area contributed by atoms with E-state index in [2.05, 4.69) is 48.7 Å². The molecule has 0 saturated carbocycles. The molecule has 0 radical (unpaired) electrons. The number of benzene rings is 2. The molecule has 0 amide bonds. The van der Waals surface area contributed by atoms with Crippen LogP contribution in [0.15, 0.2) is 42.5 Å². The molecule has 0 bridgehead atoms. The second-order valence-electron chi connectivity index (χ2n) is 5.27. The van der Waals surface area contributed by atoms with Crippen molar-refractivity contribution in [3.05, 3.63) is 53.6 Å². The highest BCUT2D eigenvalue weighted by Gasteiger charge is 2.12. The predicted molar refractivity (Wildman–Crippen MR) is 84.9 cm³/mol. The van der Waals surface area contributed by atoms with Crippen LogP contribution >= 0.6 is 0 Å². The lowest BCUT2D eigenvalue weighted by Gasteiger charge is -2.08. The molecule has 3 rings (SSSR count). The molecule has 3 aromatic rings. The molecule has 0 unspecified atom stereocenters. The van der Waals surface area contributed by atoms with Crippen LogP contribution in [0.4, 0.5) is 0 Å². The highest BCUT2D eigenvalue weighted by atomic mass is 15.1. The van der Waals surface area contributed by atoms with Gasteiger partial charge >= 0.3 is 0 Å². The van der Waals surface area contributed by atoms with Gasteiger partial charge in [0.25, 0.3) is 0 Å². The van der Waals surface area contributed by atoms with E-state index in [-0.39, 0.29) is 0 Å². The van der Waals surface area contributed by atoms with Gasteiger partial charge in [-0.2, -0.15) is 5.26 Å². The van der Waals surface area contributed by atoms with E-state index < -0.39 is 0 Å². The van der Waals surface area contributed by atoms with Crippen LogP contribution in [0.2, 0.25) is 0 Å². The number of nitriles is 1. The lowest BCUT2D eigenvalue weighted by molar-refractivity contribution is 0.704. The van der Waals surface area contributed by atoms with Crippen molar-refractivity contribution in [3.8, 4) is 17.5 Å². The van der Waals surface area contributed by atoms with Crippen LogP contribution in [0.3, 0.4) is 0 Å². The third-order valence-corrected chi connectivity index (χ3v) is 3.60. The summed E-state index contributed by atoms with van der Waals surface area (Å²) in [5.41, 5.74) is 4.98. The average molecular weight is 275 g/mol. The molecule has 3 nitrogen and oxygen atoms in total. The monoisotopic (exact) mass is 275 g/mol. The Morgan fingerprint density at radius 1 is 1.19 bits per heavy atom. The summed E-state index contributed by atoms with van der Waals surface area (Å²) >= 11 is 0. The van der Waals surface area contributed by atoms with Crippen molar-refractivity contribution in [2.24, 2.45) is 0 Å². The maximum Gasteiger partial charge on any atom is 0.141 e. The summed E-state index contributed by atoms with van der Waals surface area (Å²) in [6.07, 6.45) is 1.05. The third-order valence-electron chi connectivity index (χ3n) is 3.60. The molecule has 104 valence electrons. The standard InChI is InChI=1S/C18H17N3/c1-3-9-21-17-8-7-14(12-19)11-16(17)20-18(21)15-6-4-5-13(2)10-15/h4-8,10-11H,3,9H2,1-2H3. The van der Waals surface area contributed by atoms with Gasteiger partial charge < -0.3 is 4.57 Å². The topological polar surface area (TPSA) is 41.6 Å². The van der Waals surface area contributed by atoms with Gasteiger partial charge in [0.05, 0.1) is 22.7 Å². The van der Waals surface area contributed by atoms with E-state index in [9.17, 15) is 0 Å². The van der Waals surface area contributed by atoms with Gasteiger partial charge in [-0.15, -0.1) is 0 Å². The van der Waals surface area contributed by atoms with Crippen molar-refractivity contribution in [3.63, 3.8) is 0 Å². The van der Waals surface area contributed by atoms with Crippen molar-refractivity contribution in [2.45, 2.75) is 26.8 Å². The van der Waals surface area contributed by atoms with Crippen molar-refractivity contribution < 1.29 is 0 Å². The molecule has 21 heavy (non-hydrogen) atoms. The molecule has 0 saturated heterocycles. The number of hydrogen-bond acceptors (Lipinski definition) is 2. The first-order valence-electron chi connectivity index (χ1n) is 7.20. The van der Waals surface area contributed by atoms with Crippen LogP contribution < -0.4 is 0 Å². The van der Waals surface area contributed by atoms with E-state index in [0.717, 1.165) is 35.4 Å². The van der Waals surface area contributed by atoms with E-state index in [0.29, 0.717) is 5.56 Å². The van der Waals surface area contributed by atoms with Crippen LogP contribution in [0, 0.1) is 18.3 Å². The Morgan fingerprint density at radius 3 is 2.76 bits per heavy atom. The van der Waals surface area contributed by atoms with Crippen LogP contribution in [0.5, 0.6) is 0 Å². The Labute approximate surface area is 124 Å². The third kappa shape index (κ3) is 2.41. The highest BCUT2D eigenvalue weighted by molar-refractivity contribution is 5.82. The minimum atomic E-state index is 0.652. The number of hydrogen-bond donors (Lipinski definition) is 0. The van der Waals surface area contributed by atoms with Crippen molar-refractivity contribution in [2.75, 3.05) is 0 Å². The Hall–Kier alpha value is -2.60. The number of aryl methyl sites for hydroxylation is 2. The first kappa shape index (κ1) is 13.4. The van der Waals surface area contributed by atoms with Crippen LogP contribution in [0.25, 0.3) is 22.4 Å². The maximum absolute atomic E-state index is 9.05. The fourth-order valence-electron chi connectivity index (χ4n) is 2.65. The SMILES string of the molecule is CCCn1c(-c2cccc(C)c2)nc2cc(C#N)ccc21. The normalized spacial score (nSPS) is 10.7. The zero-order chi connectivity index (χ0) is 14.8. The zero-order valence-corrected chi connectivity index (χ0v) is 12.3. The number of rotatable bonds is 3. The fourth-order valence-corrected chi connectivity index (χ4v) is 2.65. The number of fused-ring (bicyclic) bond motifs is 1. The fraction of sp³-hybridized carbons (Fsp3) is 0.222. The lowest BCUT2D eigenvalue weighted by Crippen LogP contribution is -1.99. The van der Waals surface area contributed by atoms with Crippen molar-refractivity contribution in [1.29, 1.82) is 5.26 Å². The van der Waals surface area contributed by atoms with Gasteiger partial charge in [-0.3, -0.25) is 0 Å². The molecule has 0 fully saturated rings.